The molecule has 2 atom stereocenters. The van der Waals surface area contributed by atoms with Crippen LogP contribution >= 0.6 is 0 Å². The van der Waals surface area contributed by atoms with Crippen molar-refractivity contribution in [1.29, 1.82) is 0 Å². The third kappa shape index (κ3) is 3.23. The van der Waals surface area contributed by atoms with Crippen molar-refractivity contribution >= 4 is 28.7 Å². The van der Waals surface area contributed by atoms with E-state index in [1.54, 1.807) is 40.7 Å². The van der Waals surface area contributed by atoms with Gasteiger partial charge in [0.2, 0.25) is 0 Å². The smallest absolute Gasteiger partial charge is 0.331 e. The van der Waals surface area contributed by atoms with E-state index < -0.39 is 11.2 Å². The molecule has 4 rings (SSSR count). The number of nitrogens with zero attached hydrogens (tertiary/aromatic N) is 4. The van der Waals surface area contributed by atoms with Crippen molar-refractivity contribution in [2.75, 3.05) is 11.2 Å². The van der Waals surface area contributed by atoms with E-state index in [9.17, 15) is 9.35 Å². The number of aromatic nitrogens is 2. The van der Waals surface area contributed by atoms with E-state index in [0.29, 0.717) is 22.9 Å². The summed E-state index contributed by atoms with van der Waals surface area (Å²) in [7, 11) is 0. The molecule has 0 fully saturated rings. The highest BCUT2D eigenvalue weighted by Gasteiger charge is 2.37. The molecule has 0 bridgehead atoms. The van der Waals surface area contributed by atoms with Gasteiger partial charge < -0.3 is 9.45 Å². The number of pyridine rings is 2. The highest BCUT2D eigenvalue weighted by atomic mass is 32.2. The molecule has 1 aromatic carbocycles. The maximum absolute atomic E-state index is 13.6. The van der Waals surface area contributed by atoms with Gasteiger partial charge in [0.15, 0.2) is 4.90 Å². The lowest BCUT2D eigenvalue weighted by Gasteiger charge is -2.39. The predicted molar refractivity (Wildman–Crippen MR) is 109 cm³/mol. The van der Waals surface area contributed by atoms with Gasteiger partial charge in [-0.25, -0.2) is 14.7 Å². The number of benzene rings is 1. The number of para-hydroxylation sites is 1. The molecule has 6 nitrogen and oxygen atoms in total. The zero-order valence-corrected chi connectivity index (χ0v) is 16.5. The van der Waals surface area contributed by atoms with Crippen molar-refractivity contribution in [2.24, 2.45) is 0 Å². The van der Waals surface area contributed by atoms with Crippen molar-refractivity contribution < 1.29 is 9.35 Å². The molecule has 0 spiro atoms. The quantitative estimate of drug-likeness (QED) is 0.628. The normalized spacial score (nSPS) is 15.9. The molecule has 0 radical (unpaired) electrons. The van der Waals surface area contributed by atoms with Gasteiger partial charge in [-0.15, -0.1) is 0 Å². The summed E-state index contributed by atoms with van der Waals surface area (Å²) in [6.45, 7) is 2.45. The number of anilines is 2. The Kier molecular flexibility index (Phi) is 5.02. The lowest BCUT2D eigenvalue weighted by Crippen LogP contribution is -2.46. The van der Waals surface area contributed by atoms with E-state index in [1.165, 1.54) is 0 Å². The van der Waals surface area contributed by atoms with E-state index in [2.05, 4.69) is 9.97 Å². The van der Waals surface area contributed by atoms with Crippen LogP contribution in [-0.2, 0) is 17.7 Å². The molecule has 3 heterocycles. The molecule has 0 saturated heterocycles. The fraction of sp³-hybridized carbons (Fsp3) is 0.190. The summed E-state index contributed by atoms with van der Waals surface area (Å²) in [5.74, 6) is 0.587. The summed E-state index contributed by atoms with van der Waals surface area (Å²) in [6.07, 6.45) is 6.74. The number of amides is 2. The lowest BCUT2D eigenvalue weighted by atomic mass is 10.1. The standard InChI is InChI=1S/C21H20N4O2S/c1-15(16-9-12-22-13-10-16)24-14-17-6-5-11-23-20(17)25(21(24)26)18-7-3-4-8-19(18)28(2)27/h3-13,15H,14H2,1-2H3. The van der Waals surface area contributed by atoms with Crippen LogP contribution in [-0.4, -0.2) is 31.7 Å². The van der Waals surface area contributed by atoms with Crippen LogP contribution in [0.3, 0.4) is 0 Å². The Morgan fingerprint density at radius 1 is 1.07 bits per heavy atom. The molecule has 1 aliphatic rings. The Morgan fingerprint density at radius 3 is 2.57 bits per heavy atom. The highest BCUT2D eigenvalue weighted by Crippen LogP contribution is 2.39. The van der Waals surface area contributed by atoms with Gasteiger partial charge in [0, 0.05) is 24.2 Å². The van der Waals surface area contributed by atoms with Crippen molar-refractivity contribution in [3.8, 4) is 0 Å². The Bertz CT molecular complexity index is 996. The van der Waals surface area contributed by atoms with Gasteiger partial charge in [0.05, 0.1) is 12.6 Å². The van der Waals surface area contributed by atoms with Crippen LogP contribution in [0.2, 0.25) is 0 Å². The Morgan fingerprint density at radius 2 is 1.82 bits per heavy atom. The number of urea groups is 1. The minimum atomic E-state index is -1.24. The second-order valence-electron chi connectivity index (χ2n) is 6.61. The average Bonchev–Trinajstić information content (AvgIpc) is 2.73. The first-order valence-corrected chi connectivity index (χ1v) is 10.5. The molecule has 0 saturated carbocycles. The van der Waals surface area contributed by atoms with Gasteiger partial charge >= 0.3 is 6.03 Å². The Balaban J connectivity index is 1.83. The average molecular weight is 392 g/mol. The monoisotopic (exact) mass is 392 g/mol. The topological polar surface area (TPSA) is 72.4 Å². The van der Waals surface area contributed by atoms with Gasteiger partial charge in [-0.2, -0.15) is 0 Å². The molecular weight excluding hydrogens is 372 g/mol. The van der Waals surface area contributed by atoms with E-state index >= 15 is 0 Å². The van der Waals surface area contributed by atoms with Crippen LogP contribution in [0.1, 0.15) is 24.1 Å². The molecule has 2 unspecified atom stereocenters. The first kappa shape index (κ1) is 18.5. The van der Waals surface area contributed by atoms with Gasteiger partial charge in [-0.3, -0.25) is 4.98 Å². The summed E-state index contributed by atoms with van der Waals surface area (Å²) in [6, 6.07) is 14.6. The molecule has 0 aliphatic carbocycles. The molecule has 142 valence electrons. The second-order valence-corrected chi connectivity index (χ2v) is 7.96. The third-order valence-electron chi connectivity index (χ3n) is 4.93. The number of carbonyl (C=O) groups excluding carboxylic acids is 1. The first-order valence-electron chi connectivity index (χ1n) is 8.95. The van der Waals surface area contributed by atoms with Crippen LogP contribution in [0.4, 0.5) is 16.3 Å². The van der Waals surface area contributed by atoms with Crippen LogP contribution in [0.15, 0.2) is 72.0 Å². The van der Waals surface area contributed by atoms with Crippen LogP contribution < -0.4 is 4.90 Å². The SMILES string of the molecule is CC(c1ccncc1)N1Cc2cccnc2N(c2ccccc2[S+](C)[O-])C1=O. The molecule has 1 aliphatic heterocycles. The molecule has 2 amide bonds. The number of hydrogen-bond donors (Lipinski definition) is 0. The van der Waals surface area contributed by atoms with Crippen molar-refractivity contribution in [3.05, 3.63) is 78.2 Å². The van der Waals surface area contributed by atoms with Crippen LogP contribution in [0.5, 0.6) is 0 Å². The minimum absolute atomic E-state index is 0.148. The van der Waals surface area contributed by atoms with Crippen LogP contribution in [0, 0.1) is 0 Å². The summed E-state index contributed by atoms with van der Waals surface area (Å²) in [5.41, 5.74) is 2.54. The van der Waals surface area contributed by atoms with Crippen molar-refractivity contribution in [3.63, 3.8) is 0 Å². The van der Waals surface area contributed by atoms with E-state index in [1.807, 2.05) is 49.4 Å². The van der Waals surface area contributed by atoms with Gasteiger partial charge in [0.1, 0.15) is 17.8 Å². The Labute approximate surface area is 167 Å². The fourth-order valence-electron chi connectivity index (χ4n) is 3.45. The molecule has 0 N–H and O–H groups in total. The maximum Gasteiger partial charge on any atom is 0.331 e. The second kappa shape index (κ2) is 7.61. The number of fused-ring (bicyclic) bond motifs is 1. The molecule has 2 aromatic heterocycles. The summed E-state index contributed by atoms with van der Waals surface area (Å²) in [4.78, 5) is 26.1. The Hall–Kier alpha value is -2.90. The summed E-state index contributed by atoms with van der Waals surface area (Å²) >= 11 is -1.24. The zero-order chi connectivity index (χ0) is 19.7. The maximum atomic E-state index is 13.6. The zero-order valence-electron chi connectivity index (χ0n) is 15.6. The number of hydrogen-bond acceptors (Lipinski definition) is 4. The van der Waals surface area contributed by atoms with Gasteiger partial charge in [-0.05, 0) is 54.0 Å². The molecule has 28 heavy (non-hydrogen) atoms. The third-order valence-corrected chi connectivity index (χ3v) is 5.89. The highest BCUT2D eigenvalue weighted by molar-refractivity contribution is 7.90. The summed E-state index contributed by atoms with van der Waals surface area (Å²) in [5, 5.41) is 0. The predicted octanol–water partition coefficient (Wildman–Crippen LogP) is 4.05. The molecule has 7 heteroatoms. The summed E-state index contributed by atoms with van der Waals surface area (Å²) < 4.78 is 12.3. The largest absolute Gasteiger partial charge is 0.612 e. The molecular formula is C21H20N4O2S. The minimum Gasteiger partial charge on any atom is -0.612 e. The lowest BCUT2D eigenvalue weighted by molar-refractivity contribution is 0.180. The number of rotatable bonds is 4. The number of carbonyl (C=O) groups is 1. The van der Waals surface area contributed by atoms with Gasteiger partial charge in [0.25, 0.3) is 0 Å². The fourth-order valence-corrected chi connectivity index (χ4v) is 4.18. The first-order chi connectivity index (χ1) is 13.6. The molecule has 3 aromatic rings. The van der Waals surface area contributed by atoms with E-state index in [0.717, 1.165) is 11.1 Å². The van der Waals surface area contributed by atoms with Crippen LogP contribution in [0.25, 0.3) is 0 Å². The van der Waals surface area contributed by atoms with Crippen molar-refractivity contribution in [2.45, 2.75) is 24.4 Å². The van der Waals surface area contributed by atoms with Crippen molar-refractivity contribution in [1.82, 2.24) is 14.9 Å². The van der Waals surface area contributed by atoms with E-state index in [4.69, 9.17) is 0 Å². The van der Waals surface area contributed by atoms with Gasteiger partial charge in [-0.1, -0.05) is 18.2 Å². The van der Waals surface area contributed by atoms with E-state index in [-0.39, 0.29) is 12.1 Å².